The van der Waals surface area contributed by atoms with E-state index in [9.17, 15) is 8.42 Å². The first-order valence-corrected chi connectivity index (χ1v) is 12.9. The number of nitrogens with one attached hydrogen (secondary N) is 2. The summed E-state index contributed by atoms with van der Waals surface area (Å²) in [5, 5.41) is 8.15. The molecule has 0 radical (unpaired) electrons. The van der Waals surface area contributed by atoms with Crippen LogP contribution in [0, 0.1) is 6.92 Å². The van der Waals surface area contributed by atoms with Gasteiger partial charge in [0.15, 0.2) is 0 Å². The average molecular weight is 511 g/mol. The van der Waals surface area contributed by atoms with Gasteiger partial charge in [-0.2, -0.15) is 5.10 Å². The summed E-state index contributed by atoms with van der Waals surface area (Å²) in [5.41, 5.74) is 3.62. The summed E-state index contributed by atoms with van der Waals surface area (Å²) in [6.07, 6.45) is 1.68. The standard InChI is InChI=1S/C24H19ClN4O3S2/c1-14-11-20(29-34(30,31)18-8-4-6-16(25)13-18)22-21(15-5-3-7-17(12-15)32-2)23(33-24(22)27-14)19-9-10-26-28-19/h3-13H,1-2H3,(H,26,28)(H,27,29). The number of H-pyrrole nitrogens is 1. The first-order valence-electron chi connectivity index (χ1n) is 10.2. The van der Waals surface area contributed by atoms with Gasteiger partial charge in [0.05, 0.1) is 28.3 Å². The number of benzene rings is 2. The van der Waals surface area contributed by atoms with Crippen molar-refractivity contribution in [1.29, 1.82) is 0 Å². The van der Waals surface area contributed by atoms with Crippen molar-refractivity contribution < 1.29 is 13.2 Å². The lowest BCUT2D eigenvalue weighted by atomic mass is 10.0. The van der Waals surface area contributed by atoms with Crippen LogP contribution in [-0.2, 0) is 10.0 Å². The molecule has 3 heterocycles. The van der Waals surface area contributed by atoms with E-state index in [1.807, 2.05) is 37.3 Å². The van der Waals surface area contributed by atoms with Gasteiger partial charge in [0.25, 0.3) is 10.0 Å². The second kappa shape index (κ2) is 8.75. The van der Waals surface area contributed by atoms with E-state index in [1.165, 1.54) is 23.5 Å². The lowest BCUT2D eigenvalue weighted by Gasteiger charge is -2.13. The SMILES string of the molecule is COc1cccc(-c2c(-c3ccn[nH]3)sc3nc(C)cc(NS(=O)(=O)c4cccc(Cl)c4)c23)c1. The molecular formula is C24H19ClN4O3S2. The van der Waals surface area contributed by atoms with Gasteiger partial charge >= 0.3 is 0 Å². The zero-order chi connectivity index (χ0) is 23.9. The summed E-state index contributed by atoms with van der Waals surface area (Å²) in [4.78, 5) is 6.38. The molecule has 0 saturated heterocycles. The lowest BCUT2D eigenvalue weighted by molar-refractivity contribution is 0.415. The van der Waals surface area contributed by atoms with Crippen molar-refractivity contribution in [3.05, 3.63) is 77.6 Å². The van der Waals surface area contributed by atoms with Crippen molar-refractivity contribution in [1.82, 2.24) is 15.2 Å². The molecule has 34 heavy (non-hydrogen) atoms. The minimum Gasteiger partial charge on any atom is -0.497 e. The van der Waals surface area contributed by atoms with Crippen LogP contribution in [0.2, 0.25) is 5.02 Å². The van der Waals surface area contributed by atoms with E-state index in [-0.39, 0.29) is 4.90 Å². The number of ether oxygens (including phenoxy) is 1. The van der Waals surface area contributed by atoms with Crippen LogP contribution in [-0.4, -0.2) is 30.7 Å². The summed E-state index contributed by atoms with van der Waals surface area (Å²) in [6.45, 7) is 1.83. The first kappa shape index (κ1) is 22.4. The van der Waals surface area contributed by atoms with E-state index in [4.69, 9.17) is 21.3 Å². The van der Waals surface area contributed by atoms with Crippen LogP contribution in [0.1, 0.15) is 5.69 Å². The molecule has 0 aliphatic carbocycles. The van der Waals surface area contributed by atoms with Crippen LogP contribution < -0.4 is 9.46 Å². The van der Waals surface area contributed by atoms with E-state index < -0.39 is 10.0 Å². The Hall–Kier alpha value is -3.40. The maximum Gasteiger partial charge on any atom is 0.261 e. The van der Waals surface area contributed by atoms with E-state index in [0.29, 0.717) is 32.4 Å². The number of pyridine rings is 1. The number of thiophene rings is 1. The maximum absolute atomic E-state index is 13.3. The number of methoxy groups -OCH3 is 1. The number of anilines is 1. The molecule has 5 aromatic rings. The number of nitrogens with zero attached hydrogens (tertiary/aromatic N) is 2. The zero-order valence-electron chi connectivity index (χ0n) is 18.2. The number of aromatic amines is 1. The van der Waals surface area contributed by atoms with Crippen LogP contribution >= 0.6 is 22.9 Å². The molecule has 0 atom stereocenters. The Bertz CT molecular complexity index is 1610. The third kappa shape index (κ3) is 4.13. The Morgan fingerprint density at radius 1 is 1.09 bits per heavy atom. The van der Waals surface area contributed by atoms with Gasteiger partial charge in [-0.25, -0.2) is 13.4 Å². The molecule has 5 rings (SSSR count). The molecule has 0 bridgehead atoms. The molecule has 0 spiro atoms. The Kier molecular flexibility index (Phi) is 5.76. The highest BCUT2D eigenvalue weighted by molar-refractivity contribution is 7.92. The van der Waals surface area contributed by atoms with Crippen molar-refractivity contribution >= 4 is 48.9 Å². The smallest absolute Gasteiger partial charge is 0.261 e. The Balaban J connectivity index is 1.78. The number of aryl methyl sites for hydroxylation is 1. The maximum atomic E-state index is 13.3. The molecule has 0 saturated carbocycles. The van der Waals surface area contributed by atoms with Gasteiger partial charge in [-0.05, 0) is 55.0 Å². The van der Waals surface area contributed by atoms with Crippen LogP contribution in [0.3, 0.4) is 0 Å². The monoisotopic (exact) mass is 510 g/mol. The molecule has 7 nitrogen and oxygen atoms in total. The molecule has 0 fully saturated rings. The normalized spacial score (nSPS) is 11.6. The van der Waals surface area contributed by atoms with Crippen molar-refractivity contribution in [3.63, 3.8) is 0 Å². The van der Waals surface area contributed by atoms with Gasteiger partial charge in [0, 0.05) is 27.9 Å². The molecule has 2 aromatic carbocycles. The van der Waals surface area contributed by atoms with Gasteiger partial charge in [-0.15, -0.1) is 11.3 Å². The molecule has 0 unspecified atom stereocenters. The number of rotatable bonds is 6. The Morgan fingerprint density at radius 2 is 1.91 bits per heavy atom. The Morgan fingerprint density at radius 3 is 2.65 bits per heavy atom. The van der Waals surface area contributed by atoms with Gasteiger partial charge in [-0.3, -0.25) is 9.82 Å². The van der Waals surface area contributed by atoms with Crippen molar-refractivity contribution in [2.45, 2.75) is 11.8 Å². The van der Waals surface area contributed by atoms with Crippen LogP contribution in [0.15, 0.2) is 71.8 Å². The van der Waals surface area contributed by atoms with Gasteiger partial charge in [0.1, 0.15) is 10.6 Å². The van der Waals surface area contributed by atoms with Gasteiger partial charge in [-0.1, -0.05) is 29.8 Å². The van der Waals surface area contributed by atoms with E-state index in [2.05, 4.69) is 14.9 Å². The number of hydrogen-bond acceptors (Lipinski definition) is 6. The molecule has 0 aliphatic rings. The van der Waals surface area contributed by atoms with Crippen LogP contribution in [0.4, 0.5) is 5.69 Å². The quantitative estimate of drug-likeness (QED) is 0.286. The highest BCUT2D eigenvalue weighted by Crippen LogP contribution is 2.47. The summed E-state index contributed by atoms with van der Waals surface area (Å²) in [6, 6.07) is 17.4. The fourth-order valence-corrected chi connectivity index (χ4v) is 6.37. The van der Waals surface area contributed by atoms with Crippen LogP contribution in [0.5, 0.6) is 5.75 Å². The molecule has 2 N–H and O–H groups in total. The summed E-state index contributed by atoms with van der Waals surface area (Å²) < 4.78 is 34.7. The molecule has 0 amide bonds. The minimum absolute atomic E-state index is 0.0783. The van der Waals surface area contributed by atoms with Crippen molar-refractivity contribution in [2.75, 3.05) is 11.8 Å². The molecule has 172 valence electrons. The molecule has 0 aliphatic heterocycles. The van der Waals surface area contributed by atoms with E-state index >= 15 is 0 Å². The van der Waals surface area contributed by atoms with E-state index in [0.717, 1.165) is 21.7 Å². The fraction of sp³-hybridized carbons (Fsp3) is 0.0833. The number of aromatic nitrogens is 3. The number of fused-ring (bicyclic) bond motifs is 1. The highest BCUT2D eigenvalue weighted by atomic mass is 35.5. The predicted molar refractivity (Wildman–Crippen MR) is 136 cm³/mol. The minimum atomic E-state index is -3.90. The second-order valence-corrected chi connectivity index (χ2v) is 10.7. The van der Waals surface area contributed by atoms with Crippen molar-refractivity contribution in [2.24, 2.45) is 0 Å². The predicted octanol–water partition coefficient (Wildman–Crippen LogP) is 6.12. The number of sulfonamides is 1. The third-order valence-electron chi connectivity index (χ3n) is 5.24. The largest absolute Gasteiger partial charge is 0.497 e. The first-order chi connectivity index (χ1) is 16.4. The van der Waals surface area contributed by atoms with Gasteiger partial charge in [0.2, 0.25) is 0 Å². The van der Waals surface area contributed by atoms with Crippen LogP contribution in [0.25, 0.3) is 31.9 Å². The third-order valence-corrected chi connectivity index (χ3v) is 7.96. The zero-order valence-corrected chi connectivity index (χ0v) is 20.6. The summed E-state index contributed by atoms with van der Waals surface area (Å²) >= 11 is 7.51. The number of halogens is 1. The fourth-order valence-electron chi connectivity index (χ4n) is 3.77. The number of hydrogen-bond donors (Lipinski definition) is 2. The summed E-state index contributed by atoms with van der Waals surface area (Å²) in [7, 11) is -2.30. The lowest BCUT2D eigenvalue weighted by Crippen LogP contribution is -2.13. The average Bonchev–Trinajstić information content (AvgIpc) is 3.47. The highest BCUT2D eigenvalue weighted by Gasteiger charge is 2.24. The topological polar surface area (TPSA) is 97.0 Å². The molecule has 10 heteroatoms. The van der Waals surface area contributed by atoms with E-state index in [1.54, 1.807) is 31.5 Å². The van der Waals surface area contributed by atoms with Gasteiger partial charge < -0.3 is 4.74 Å². The summed E-state index contributed by atoms with van der Waals surface area (Å²) in [5.74, 6) is 0.688. The molecule has 3 aromatic heterocycles. The van der Waals surface area contributed by atoms with Crippen molar-refractivity contribution in [3.8, 4) is 27.4 Å². The Labute approximate surface area is 205 Å². The molecular weight excluding hydrogens is 492 g/mol. The second-order valence-electron chi connectivity index (χ2n) is 7.56.